The number of aromatic nitrogens is 6. The number of carbonyl (C=O) groups excluding carboxylic acids is 1. The van der Waals surface area contributed by atoms with Crippen molar-refractivity contribution in [3.05, 3.63) is 67.6 Å². The van der Waals surface area contributed by atoms with Crippen LogP contribution in [0.3, 0.4) is 0 Å². The van der Waals surface area contributed by atoms with Crippen molar-refractivity contribution >= 4 is 33.4 Å². The largest absolute Gasteiger partial charge is 0.472 e. The van der Waals surface area contributed by atoms with Crippen molar-refractivity contribution in [1.29, 1.82) is 0 Å². The molecule has 0 atom stereocenters. The molecule has 188 valence electrons. The molecule has 1 fully saturated rings. The number of nitrogens with zero attached hydrogens (tertiary/aromatic N) is 4. The van der Waals surface area contributed by atoms with E-state index in [0.717, 1.165) is 81.4 Å². The van der Waals surface area contributed by atoms with Crippen LogP contribution < -0.4 is 5.32 Å². The SMILES string of the molecule is O=C(Nc1cncc(-c2cc3c(-c4cc5c(-c6ccoc6)nccc5[nH]4)n[nH]c3cn2)c1)C1CCCCC1. The van der Waals surface area contributed by atoms with Crippen molar-refractivity contribution in [2.24, 2.45) is 5.92 Å². The number of H-pyrrole nitrogens is 2. The van der Waals surface area contributed by atoms with Crippen LogP contribution in [0.1, 0.15) is 32.1 Å². The zero-order valence-electron chi connectivity index (χ0n) is 20.6. The minimum absolute atomic E-state index is 0.0762. The fourth-order valence-corrected chi connectivity index (χ4v) is 5.35. The fraction of sp³-hybridized carbons (Fsp3) is 0.207. The monoisotopic (exact) mass is 503 g/mol. The Morgan fingerprint density at radius 1 is 0.921 bits per heavy atom. The highest BCUT2D eigenvalue weighted by atomic mass is 16.3. The molecule has 38 heavy (non-hydrogen) atoms. The fourth-order valence-electron chi connectivity index (χ4n) is 5.35. The lowest BCUT2D eigenvalue weighted by Gasteiger charge is -2.20. The van der Waals surface area contributed by atoms with Gasteiger partial charge in [-0.15, -0.1) is 0 Å². The molecule has 0 radical (unpaired) electrons. The van der Waals surface area contributed by atoms with Crippen LogP contribution in [0.15, 0.2) is 72.1 Å². The quantitative estimate of drug-likeness (QED) is 0.252. The summed E-state index contributed by atoms with van der Waals surface area (Å²) in [5, 5.41) is 12.6. The number of fused-ring (bicyclic) bond motifs is 2. The smallest absolute Gasteiger partial charge is 0.227 e. The number of aromatic amines is 2. The molecule has 3 N–H and O–H groups in total. The minimum atomic E-state index is 0.0762. The van der Waals surface area contributed by atoms with Crippen LogP contribution >= 0.6 is 0 Å². The highest BCUT2D eigenvalue weighted by Crippen LogP contribution is 2.34. The lowest BCUT2D eigenvalue weighted by molar-refractivity contribution is -0.120. The van der Waals surface area contributed by atoms with Crippen molar-refractivity contribution in [2.75, 3.05) is 5.32 Å². The molecule has 6 heterocycles. The van der Waals surface area contributed by atoms with E-state index in [9.17, 15) is 4.79 Å². The summed E-state index contributed by atoms with van der Waals surface area (Å²) in [6.45, 7) is 0. The van der Waals surface area contributed by atoms with Crippen molar-refractivity contribution in [3.63, 3.8) is 0 Å². The Kier molecular flexibility index (Phi) is 5.46. The third-order valence-electron chi connectivity index (χ3n) is 7.32. The summed E-state index contributed by atoms with van der Waals surface area (Å²) < 4.78 is 5.27. The Hall–Kier alpha value is -4.79. The minimum Gasteiger partial charge on any atom is -0.472 e. The maximum absolute atomic E-state index is 12.7. The molecule has 0 spiro atoms. The molecular weight excluding hydrogens is 478 g/mol. The lowest BCUT2D eigenvalue weighted by atomic mass is 9.88. The van der Waals surface area contributed by atoms with E-state index in [2.05, 4.69) is 41.5 Å². The van der Waals surface area contributed by atoms with Gasteiger partial charge in [-0.1, -0.05) is 19.3 Å². The van der Waals surface area contributed by atoms with E-state index in [-0.39, 0.29) is 11.8 Å². The van der Waals surface area contributed by atoms with Gasteiger partial charge < -0.3 is 14.7 Å². The van der Waals surface area contributed by atoms with Gasteiger partial charge >= 0.3 is 0 Å². The number of anilines is 1. The van der Waals surface area contributed by atoms with Crippen LogP contribution in [0.5, 0.6) is 0 Å². The van der Waals surface area contributed by atoms with Gasteiger partial charge in [0.15, 0.2) is 0 Å². The summed E-state index contributed by atoms with van der Waals surface area (Å²) in [5.74, 6) is 0.156. The molecule has 0 aliphatic heterocycles. The van der Waals surface area contributed by atoms with E-state index in [1.54, 1.807) is 37.3 Å². The normalized spacial score (nSPS) is 14.3. The molecule has 1 aliphatic carbocycles. The average Bonchev–Trinajstić information content (AvgIpc) is 3.73. The predicted molar refractivity (Wildman–Crippen MR) is 145 cm³/mol. The van der Waals surface area contributed by atoms with Gasteiger partial charge in [0.2, 0.25) is 5.91 Å². The first kappa shape index (κ1) is 22.4. The maximum Gasteiger partial charge on any atom is 0.227 e. The second-order valence-electron chi connectivity index (χ2n) is 9.79. The summed E-state index contributed by atoms with van der Waals surface area (Å²) in [6, 6.07) is 9.83. The highest BCUT2D eigenvalue weighted by Gasteiger charge is 2.21. The Balaban J connectivity index is 1.23. The summed E-state index contributed by atoms with van der Waals surface area (Å²) in [4.78, 5) is 29.8. The number of pyridine rings is 3. The number of amides is 1. The van der Waals surface area contributed by atoms with Gasteiger partial charge in [-0.2, -0.15) is 5.10 Å². The first-order valence-corrected chi connectivity index (χ1v) is 12.8. The number of nitrogens with one attached hydrogen (secondary N) is 3. The molecule has 6 aromatic heterocycles. The zero-order chi connectivity index (χ0) is 25.5. The second kappa shape index (κ2) is 9.26. The number of hydrogen-bond donors (Lipinski definition) is 3. The lowest BCUT2D eigenvalue weighted by Crippen LogP contribution is -2.24. The number of carbonyl (C=O) groups is 1. The summed E-state index contributed by atoms with van der Waals surface area (Å²) in [6.07, 6.45) is 15.7. The van der Waals surface area contributed by atoms with Gasteiger partial charge in [-0.25, -0.2) is 0 Å². The first-order chi connectivity index (χ1) is 18.7. The van der Waals surface area contributed by atoms with E-state index < -0.39 is 0 Å². The van der Waals surface area contributed by atoms with Crippen LogP contribution in [0, 0.1) is 5.92 Å². The number of furan rings is 1. The molecule has 1 amide bonds. The van der Waals surface area contributed by atoms with E-state index in [1.165, 1.54) is 6.42 Å². The Bertz CT molecular complexity index is 1760. The van der Waals surface area contributed by atoms with Crippen LogP contribution in [0.25, 0.3) is 55.7 Å². The van der Waals surface area contributed by atoms with Crippen molar-refractivity contribution in [2.45, 2.75) is 32.1 Å². The molecule has 0 aromatic carbocycles. The van der Waals surface area contributed by atoms with Gasteiger partial charge in [0.05, 0.1) is 53.2 Å². The molecular formula is C29H25N7O2. The van der Waals surface area contributed by atoms with Crippen LogP contribution in [-0.4, -0.2) is 36.0 Å². The zero-order valence-corrected chi connectivity index (χ0v) is 20.6. The number of hydrogen-bond acceptors (Lipinski definition) is 6. The van der Waals surface area contributed by atoms with Crippen LogP contribution in [0.2, 0.25) is 0 Å². The molecule has 1 aliphatic rings. The van der Waals surface area contributed by atoms with E-state index >= 15 is 0 Å². The van der Waals surface area contributed by atoms with E-state index in [1.807, 2.05) is 24.3 Å². The molecule has 1 saturated carbocycles. The molecule has 9 nitrogen and oxygen atoms in total. The second-order valence-corrected chi connectivity index (χ2v) is 9.79. The molecule has 9 heteroatoms. The highest BCUT2D eigenvalue weighted by molar-refractivity contribution is 6.00. The standard InChI is InChI=1S/C29H25N7O2/c37-29(17-4-2-1-3-5-17)33-20-10-19(13-30-14-20)24-11-22-26(15-32-24)35-36-28(22)25-12-21-23(34-25)6-8-31-27(21)18-7-9-38-16-18/h6-17,34H,1-5H2,(H,33,37)(H,35,36). The Morgan fingerprint density at radius 3 is 2.68 bits per heavy atom. The van der Waals surface area contributed by atoms with Crippen LogP contribution in [-0.2, 0) is 4.79 Å². The third-order valence-corrected chi connectivity index (χ3v) is 7.32. The average molecular weight is 504 g/mol. The summed E-state index contributed by atoms with van der Waals surface area (Å²) in [7, 11) is 0. The Labute approximate surface area is 217 Å². The summed E-state index contributed by atoms with van der Waals surface area (Å²) >= 11 is 0. The third kappa shape index (κ3) is 4.02. The van der Waals surface area contributed by atoms with Gasteiger partial charge in [-0.3, -0.25) is 24.8 Å². The molecule has 0 bridgehead atoms. The molecule has 0 saturated heterocycles. The summed E-state index contributed by atoms with van der Waals surface area (Å²) in [5.41, 5.74) is 7.46. The van der Waals surface area contributed by atoms with Gasteiger partial charge in [0.25, 0.3) is 0 Å². The van der Waals surface area contributed by atoms with Gasteiger partial charge in [0, 0.05) is 45.7 Å². The molecule has 7 rings (SSSR count). The predicted octanol–water partition coefficient (Wildman–Crippen LogP) is 6.34. The first-order valence-electron chi connectivity index (χ1n) is 12.8. The molecule has 6 aromatic rings. The topological polar surface area (TPSA) is 125 Å². The van der Waals surface area contributed by atoms with Gasteiger partial charge in [0.1, 0.15) is 5.69 Å². The van der Waals surface area contributed by atoms with E-state index in [0.29, 0.717) is 5.69 Å². The van der Waals surface area contributed by atoms with Crippen molar-refractivity contribution < 1.29 is 9.21 Å². The molecule has 0 unspecified atom stereocenters. The van der Waals surface area contributed by atoms with Crippen molar-refractivity contribution in [1.82, 2.24) is 30.1 Å². The van der Waals surface area contributed by atoms with Crippen LogP contribution in [0.4, 0.5) is 5.69 Å². The van der Waals surface area contributed by atoms with Gasteiger partial charge in [-0.05, 0) is 43.2 Å². The van der Waals surface area contributed by atoms with Crippen molar-refractivity contribution in [3.8, 4) is 33.9 Å². The van der Waals surface area contributed by atoms with E-state index in [4.69, 9.17) is 4.42 Å². The maximum atomic E-state index is 12.7. The Morgan fingerprint density at radius 2 is 1.82 bits per heavy atom. The number of rotatable bonds is 5.